The second-order valence-electron chi connectivity index (χ2n) is 5.76. The largest absolute Gasteiger partial charge is 0.493 e. The van der Waals surface area contributed by atoms with Crippen molar-refractivity contribution in [3.05, 3.63) is 53.2 Å². The Hall–Kier alpha value is -3.39. The second kappa shape index (κ2) is 7.32. The molecule has 0 bridgehead atoms. The van der Waals surface area contributed by atoms with Gasteiger partial charge >= 0.3 is 11.9 Å². The molecule has 0 atom stereocenters. The summed E-state index contributed by atoms with van der Waals surface area (Å²) in [5.74, 6) is -0.0176. The number of aromatic nitrogens is 1. The highest BCUT2D eigenvalue weighted by Crippen LogP contribution is 2.32. The lowest BCUT2D eigenvalue weighted by Gasteiger charge is -2.02. The molecule has 0 spiro atoms. The lowest BCUT2D eigenvalue weighted by molar-refractivity contribution is 0.0567. The summed E-state index contributed by atoms with van der Waals surface area (Å²) in [4.78, 5) is 29.5. The van der Waals surface area contributed by atoms with Gasteiger partial charge in [-0.15, -0.1) is 11.3 Å². The van der Waals surface area contributed by atoms with Gasteiger partial charge in [-0.1, -0.05) is 0 Å². The standard InChI is InChI=1S/C20H15NO6S/c1-3-25-14-6-7-21-18-13(14)10-17(28-18)20(23)26-12-5-4-11-8-16(19(22)24-2)27-15(11)9-12/h4-10H,3H2,1-2H3. The first-order chi connectivity index (χ1) is 13.6. The number of carbonyl (C=O) groups is 2. The highest BCUT2D eigenvalue weighted by molar-refractivity contribution is 7.20. The van der Waals surface area contributed by atoms with Crippen molar-refractivity contribution >= 4 is 44.5 Å². The normalized spacial score (nSPS) is 10.9. The number of rotatable bonds is 5. The van der Waals surface area contributed by atoms with Gasteiger partial charge in [0.2, 0.25) is 5.76 Å². The summed E-state index contributed by atoms with van der Waals surface area (Å²) in [6.45, 7) is 2.41. The Morgan fingerprint density at radius 2 is 2.00 bits per heavy atom. The van der Waals surface area contributed by atoms with Gasteiger partial charge in [0.1, 0.15) is 26.8 Å². The fraction of sp³-hybridized carbons (Fsp3) is 0.150. The minimum Gasteiger partial charge on any atom is -0.493 e. The number of methoxy groups -OCH3 is 1. The zero-order valence-corrected chi connectivity index (χ0v) is 15.9. The average Bonchev–Trinajstić information content (AvgIpc) is 3.32. The molecule has 0 N–H and O–H groups in total. The van der Waals surface area contributed by atoms with E-state index in [0.717, 1.165) is 5.39 Å². The van der Waals surface area contributed by atoms with Crippen molar-refractivity contribution in [3.8, 4) is 11.5 Å². The lowest BCUT2D eigenvalue weighted by Crippen LogP contribution is -2.06. The highest BCUT2D eigenvalue weighted by atomic mass is 32.1. The summed E-state index contributed by atoms with van der Waals surface area (Å²) >= 11 is 1.23. The van der Waals surface area contributed by atoms with Crippen LogP contribution < -0.4 is 9.47 Å². The Labute approximate surface area is 163 Å². The molecule has 0 saturated carbocycles. The van der Waals surface area contributed by atoms with Gasteiger partial charge in [0.25, 0.3) is 0 Å². The molecule has 28 heavy (non-hydrogen) atoms. The summed E-state index contributed by atoms with van der Waals surface area (Å²) < 4.78 is 21.1. The summed E-state index contributed by atoms with van der Waals surface area (Å²) in [5, 5.41) is 1.47. The first kappa shape index (κ1) is 18.0. The van der Waals surface area contributed by atoms with E-state index < -0.39 is 11.9 Å². The molecule has 142 valence electrons. The smallest absolute Gasteiger partial charge is 0.373 e. The maximum absolute atomic E-state index is 12.6. The molecule has 3 heterocycles. The Morgan fingerprint density at radius 3 is 2.79 bits per heavy atom. The number of esters is 2. The number of ether oxygens (including phenoxy) is 3. The Bertz CT molecular complexity index is 1190. The first-order valence-corrected chi connectivity index (χ1v) is 9.26. The zero-order chi connectivity index (χ0) is 19.7. The van der Waals surface area contributed by atoms with Crippen LogP contribution in [0.4, 0.5) is 0 Å². The van der Waals surface area contributed by atoms with Gasteiger partial charge in [0, 0.05) is 17.6 Å². The molecule has 7 nitrogen and oxygen atoms in total. The molecule has 0 amide bonds. The van der Waals surface area contributed by atoms with Gasteiger partial charge in [0.05, 0.1) is 19.1 Å². The first-order valence-electron chi connectivity index (χ1n) is 8.44. The number of nitrogens with zero attached hydrogens (tertiary/aromatic N) is 1. The van der Waals surface area contributed by atoms with E-state index in [0.29, 0.717) is 38.8 Å². The molecule has 4 rings (SSSR count). The molecule has 0 saturated heterocycles. The van der Waals surface area contributed by atoms with Gasteiger partial charge < -0.3 is 18.6 Å². The number of benzene rings is 1. The number of hydrogen-bond donors (Lipinski definition) is 0. The molecule has 3 aromatic heterocycles. The van der Waals surface area contributed by atoms with Gasteiger partial charge in [-0.2, -0.15) is 0 Å². The van der Waals surface area contributed by atoms with Crippen LogP contribution in [0.15, 0.2) is 47.0 Å². The zero-order valence-electron chi connectivity index (χ0n) is 15.1. The van der Waals surface area contributed by atoms with Crippen LogP contribution in [0, 0.1) is 0 Å². The van der Waals surface area contributed by atoms with Crippen LogP contribution in [0.2, 0.25) is 0 Å². The van der Waals surface area contributed by atoms with E-state index >= 15 is 0 Å². The highest BCUT2D eigenvalue weighted by Gasteiger charge is 2.17. The summed E-state index contributed by atoms with van der Waals surface area (Å²) in [6.07, 6.45) is 1.64. The molecule has 1 aromatic carbocycles. The predicted octanol–water partition coefficient (Wildman–Crippen LogP) is 4.45. The Kier molecular flexibility index (Phi) is 4.70. The number of pyridine rings is 1. The minimum atomic E-state index is -0.572. The maximum Gasteiger partial charge on any atom is 0.373 e. The summed E-state index contributed by atoms with van der Waals surface area (Å²) in [6, 6.07) is 9.93. The van der Waals surface area contributed by atoms with Crippen molar-refractivity contribution in [3.63, 3.8) is 0 Å². The van der Waals surface area contributed by atoms with Crippen LogP contribution in [-0.2, 0) is 4.74 Å². The fourth-order valence-electron chi connectivity index (χ4n) is 2.73. The van der Waals surface area contributed by atoms with E-state index in [-0.39, 0.29) is 5.76 Å². The minimum absolute atomic E-state index is 0.0833. The number of furan rings is 1. The van der Waals surface area contributed by atoms with Crippen LogP contribution in [0.1, 0.15) is 27.2 Å². The van der Waals surface area contributed by atoms with Crippen LogP contribution in [0.25, 0.3) is 21.2 Å². The van der Waals surface area contributed by atoms with Gasteiger partial charge in [0.15, 0.2) is 0 Å². The van der Waals surface area contributed by atoms with Crippen molar-refractivity contribution in [1.82, 2.24) is 4.98 Å². The predicted molar refractivity (Wildman–Crippen MR) is 103 cm³/mol. The van der Waals surface area contributed by atoms with E-state index in [2.05, 4.69) is 9.72 Å². The number of fused-ring (bicyclic) bond motifs is 2. The maximum atomic E-state index is 12.6. The molecular weight excluding hydrogens is 382 g/mol. The van der Waals surface area contributed by atoms with Crippen molar-refractivity contribution in [1.29, 1.82) is 0 Å². The van der Waals surface area contributed by atoms with Crippen LogP contribution >= 0.6 is 11.3 Å². The number of carbonyl (C=O) groups excluding carboxylic acids is 2. The lowest BCUT2D eigenvalue weighted by atomic mass is 10.2. The molecule has 4 aromatic rings. The van der Waals surface area contributed by atoms with Crippen LogP contribution in [0.3, 0.4) is 0 Å². The van der Waals surface area contributed by atoms with Crippen LogP contribution in [-0.4, -0.2) is 30.6 Å². The average molecular weight is 397 g/mol. The van der Waals surface area contributed by atoms with E-state index in [4.69, 9.17) is 13.9 Å². The van der Waals surface area contributed by atoms with Crippen molar-refractivity contribution in [2.45, 2.75) is 6.92 Å². The molecule has 0 radical (unpaired) electrons. The van der Waals surface area contributed by atoms with Crippen molar-refractivity contribution in [2.24, 2.45) is 0 Å². The second-order valence-corrected chi connectivity index (χ2v) is 6.79. The molecule has 0 aliphatic rings. The van der Waals surface area contributed by atoms with Crippen molar-refractivity contribution in [2.75, 3.05) is 13.7 Å². The Balaban J connectivity index is 1.60. The third-order valence-electron chi connectivity index (χ3n) is 3.99. The van der Waals surface area contributed by atoms with E-state index in [1.54, 1.807) is 42.6 Å². The van der Waals surface area contributed by atoms with Crippen molar-refractivity contribution < 1.29 is 28.2 Å². The Morgan fingerprint density at radius 1 is 1.14 bits per heavy atom. The van der Waals surface area contributed by atoms with Gasteiger partial charge in [-0.25, -0.2) is 14.6 Å². The summed E-state index contributed by atoms with van der Waals surface area (Å²) in [5.41, 5.74) is 0.419. The third-order valence-corrected chi connectivity index (χ3v) is 5.01. The van der Waals surface area contributed by atoms with E-state index in [9.17, 15) is 9.59 Å². The topological polar surface area (TPSA) is 87.9 Å². The molecular formula is C20H15NO6S. The molecule has 0 fully saturated rings. The monoisotopic (exact) mass is 397 g/mol. The van der Waals surface area contributed by atoms with Gasteiger partial charge in [-0.05, 0) is 37.3 Å². The van der Waals surface area contributed by atoms with E-state index in [1.165, 1.54) is 18.4 Å². The quantitative estimate of drug-likeness (QED) is 0.363. The number of hydrogen-bond acceptors (Lipinski definition) is 8. The third kappa shape index (κ3) is 3.29. The fourth-order valence-corrected chi connectivity index (χ4v) is 3.62. The molecule has 8 heteroatoms. The molecule has 0 aliphatic carbocycles. The number of thiophene rings is 1. The SMILES string of the molecule is CCOc1ccnc2sc(C(=O)Oc3ccc4cc(C(=O)OC)oc4c3)cc12. The van der Waals surface area contributed by atoms with Gasteiger partial charge in [-0.3, -0.25) is 0 Å². The van der Waals surface area contributed by atoms with Crippen LogP contribution in [0.5, 0.6) is 11.5 Å². The van der Waals surface area contributed by atoms with E-state index in [1.807, 2.05) is 6.92 Å². The molecule has 0 unspecified atom stereocenters. The molecule has 0 aliphatic heterocycles. The summed E-state index contributed by atoms with van der Waals surface area (Å²) in [7, 11) is 1.28.